The number of hydrogen-bond donors (Lipinski definition) is 1. The Bertz CT molecular complexity index is 1070. The first-order chi connectivity index (χ1) is 14.4. The fourth-order valence-electron chi connectivity index (χ4n) is 2.95. The SMILES string of the molecule is C/C=C/c1ccc(Cl)c(CC(=O)Nc2ccc(COc3ccc(F)nc3)c(C)c2)c1. The van der Waals surface area contributed by atoms with Crippen molar-refractivity contribution in [2.24, 2.45) is 0 Å². The number of carbonyl (C=O) groups excluding carboxylic acids is 1. The summed E-state index contributed by atoms with van der Waals surface area (Å²) in [4.78, 5) is 16.1. The molecule has 4 nitrogen and oxygen atoms in total. The van der Waals surface area contributed by atoms with Crippen LogP contribution in [0.1, 0.15) is 29.2 Å². The first-order valence-corrected chi connectivity index (χ1v) is 9.87. The second-order valence-electron chi connectivity index (χ2n) is 6.82. The van der Waals surface area contributed by atoms with Crippen molar-refractivity contribution in [3.8, 4) is 5.75 Å². The maximum Gasteiger partial charge on any atom is 0.228 e. The molecule has 0 radical (unpaired) electrons. The van der Waals surface area contributed by atoms with Gasteiger partial charge in [0, 0.05) is 10.7 Å². The summed E-state index contributed by atoms with van der Waals surface area (Å²) in [7, 11) is 0. The van der Waals surface area contributed by atoms with Gasteiger partial charge in [0.25, 0.3) is 0 Å². The normalized spacial score (nSPS) is 10.9. The number of rotatable bonds is 7. The van der Waals surface area contributed by atoms with E-state index < -0.39 is 5.95 Å². The number of aryl methyl sites for hydroxylation is 1. The van der Waals surface area contributed by atoms with Crippen LogP contribution >= 0.6 is 11.6 Å². The molecule has 0 aliphatic rings. The van der Waals surface area contributed by atoms with Crippen LogP contribution in [0.15, 0.2) is 60.8 Å². The number of allylic oxidation sites excluding steroid dienone is 1. The lowest BCUT2D eigenvalue weighted by Gasteiger charge is -2.12. The molecular weight excluding hydrogens is 403 g/mol. The number of amides is 1. The van der Waals surface area contributed by atoms with Gasteiger partial charge in [-0.05, 0) is 72.5 Å². The fourth-order valence-corrected chi connectivity index (χ4v) is 3.13. The fraction of sp³-hybridized carbons (Fsp3) is 0.167. The molecule has 0 fully saturated rings. The third-order valence-corrected chi connectivity index (χ3v) is 4.87. The summed E-state index contributed by atoms with van der Waals surface area (Å²) < 4.78 is 18.5. The summed E-state index contributed by atoms with van der Waals surface area (Å²) in [6.45, 7) is 4.20. The van der Waals surface area contributed by atoms with Gasteiger partial charge in [-0.15, -0.1) is 0 Å². The Morgan fingerprint density at radius 2 is 2.00 bits per heavy atom. The van der Waals surface area contributed by atoms with Crippen LogP contribution in [0.25, 0.3) is 6.08 Å². The van der Waals surface area contributed by atoms with Crippen LogP contribution in [-0.4, -0.2) is 10.9 Å². The van der Waals surface area contributed by atoms with E-state index in [0.29, 0.717) is 23.1 Å². The van der Waals surface area contributed by atoms with Crippen molar-refractivity contribution >= 4 is 29.3 Å². The third kappa shape index (κ3) is 5.91. The van der Waals surface area contributed by atoms with E-state index in [1.54, 1.807) is 6.07 Å². The number of pyridine rings is 1. The van der Waals surface area contributed by atoms with Crippen LogP contribution in [0.5, 0.6) is 5.75 Å². The third-order valence-electron chi connectivity index (χ3n) is 4.50. The number of nitrogens with zero attached hydrogens (tertiary/aromatic N) is 1. The van der Waals surface area contributed by atoms with Gasteiger partial charge in [-0.1, -0.05) is 35.9 Å². The van der Waals surface area contributed by atoms with E-state index >= 15 is 0 Å². The number of anilines is 1. The molecule has 0 unspecified atom stereocenters. The van der Waals surface area contributed by atoms with Gasteiger partial charge in [-0.3, -0.25) is 4.79 Å². The zero-order chi connectivity index (χ0) is 21.5. The van der Waals surface area contributed by atoms with Gasteiger partial charge in [-0.2, -0.15) is 4.39 Å². The molecule has 30 heavy (non-hydrogen) atoms. The monoisotopic (exact) mass is 424 g/mol. The molecule has 1 amide bonds. The molecule has 3 aromatic rings. The molecule has 1 N–H and O–H groups in total. The Morgan fingerprint density at radius 3 is 2.70 bits per heavy atom. The topological polar surface area (TPSA) is 51.2 Å². The Labute approximate surface area is 180 Å². The van der Waals surface area contributed by atoms with Crippen LogP contribution < -0.4 is 10.1 Å². The molecule has 2 aromatic carbocycles. The number of aromatic nitrogens is 1. The van der Waals surface area contributed by atoms with Gasteiger partial charge < -0.3 is 10.1 Å². The van der Waals surface area contributed by atoms with E-state index in [4.69, 9.17) is 16.3 Å². The minimum absolute atomic E-state index is 0.143. The summed E-state index contributed by atoms with van der Waals surface area (Å²) in [5.41, 5.74) is 4.40. The smallest absolute Gasteiger partial charge is 0.228 e. The predicted molar refractivity (Wildman–Crippen MR) is 118 cm³/mol. The lowest BCUT2D eigenvalue weighted by atomic mass is 10.1. The van der Waals surface area contributed by atoms with Gasteiger partial charge >= 0.3 is 0 Å². The van der Waals surface area contributed by atoms with Gasteiger partial charge in [0.05, 0.1) is 12.6 Å². The van der Waals surface area contributed by atoms with E-state index in [0.717, 1.165) is 22.3 Å². The Morgan fingerprint density at radius 1 is 1.17 bits per heavy atom. The highest BCUT2D eigenvalue weighted by Gasteiger charge is 2.10. The summed E-state index contributed by atoms with van der Waals surface area (Å²) in [6, 6.07) is 14.0. The first kappa shape index (κ1) is 21.5. The van der Waals surface area contributed by atoms with E-state index in [1.165, 1.54) is 18.3 Å². The minimum Gasteiger partial charge on any atom is -0.487 e. The highest BCUT2D eigenvalue weighted by atomic mass is 35.5. The number of nitrogens with one attached hydrogen (secondary N) is 1. The molecule has 0 saturated heterocycles. The van der Waals surface area contributed by atoms with Crippen LogP contribution in [0, 0.1) is 12.9 Å². The highest BCUT2D eigenvalue weighted by molar-refractivity contribution is 6.31. The molecule has 154 valence electrons. The Kier molecular flexibility index (Phi) is 7.20. The van der Waals surface area contributed by atoms with Crippen molar-refractivity contribution in [2.75, 3.05) is 5.32 Å². The van der Waals surface area contributed by atoms with Gasteiger partial charge in [-0.25, -0.2) is 4.98 Å². The molecule has 0 spiro atoms. The first-order valence-electron chi connectivity index (χ1n) is 9.49. The van der Waals surface area contributed by atoms with Crippen molar-refractivity contribution in [3.05, 3.63) is 94.0 Å². The van der Waals surface area contributed by atoms with Crippen molar-refractivity contribution in [2.45, 2.75) is 26.9 Å². The van der Waals surface area contributed by atoms with Gasteiger partial charge in [0.2, 0.25) is 11.9 Å². The average molecular weight is 425 g/mol. The largest absolute Gasteiger partial charge is 0.487 e. The van der Waals surface area contributed by atoms with E-state index in [-0.39, 0.29) is 12.3 Å². The number of ether oxygens (including phenoxy) is 1. The lowest BCUT2D eigenvalue weighted by Crippen LogP contribution is -2.15. The summed E-state index contributed by atoms with van der Waals surface area (Å²) in [6.07, 6.45) is 5.43. The number of carbonyl (C=O) groups is 1. The quantitative estimate of drug-likeness (QED) is 0.475. The van der Waals surface area contributed by atoms with Crippen LogP contribution in [0.4, 0.5) is 10.1 Å². The van der Waals surface area contributed by atoms with Gasteiger partial charge in [0.1, 0.15) is 12.4 Å². The Balaban J connectivity index is 1.61. The van der Waals surface area contributed by atoms with Crippen molar-refractivity contribution in [3.63, 3.8) is 0 Å². The van der Waals surface area contributed by atoms with Crippen molar-refractivity contribution < 1.29 is 13.9 Å². The summed E-state index contributed by atoms with van der Waals surface area (Å²) >= 11 is 6.24. The molecule has 3 rings (SSSR count). The zero-order valence-corrected chi connectivity index (χ0v) is 17.5. The second-order valence-corrected chi connectivity index (χ2v) is 7.23. The maximum absolute atomic E-state index is 12.9. The van der Waals surface area contributed by atoms with E-state index in [1.807, 2.05) is 56.3 Å². The molecular formula is C24H22ClFN2O2. The Hall–Kier alpha value is -3.18. The van der Waals surface area contributed by atoms with E-state index in [2.05, 4.69) is 10.3 Å². The van der Waals surface area contributed by atoms with Gasteiger partial charge in [0.15, 0.2) is 0 Å². The van der Waals surface area contributed by atoms with E-state index in [9.17, 15) is 9.18 Å². The minimum atomic E-state index is -0.548. The second kappa shape index (κ2) is 10.0. The molecule has 0 atom stereocenters. The molecule has 1 aromatic heterocycles. The summed E-state index contributed by atoms with van der Waals surface area (Å²) in [5, 5.41) is 3.48. The number of benzene rings is 2. The van der Waals surface area contributed by atoms with Crippen LogP contribution in [0.2, 0.25) is 5.02 Å². The standard InChI is InChI=1S/C24H22ClFN2O2/c1-3-4-17-5-9-22(25)19(12-17)13-24(29)28-20-7-6-18(16(2)11-20)15-30-21-8-10-23(26)27-14-21/h3-12,14H,13,15H2,1-2H3,(H,28,29)/b4-3+. The number of hydrogen-bond acceptors (Lipinski definition) is 3. The molecule has 0 aliphatic carbocycles. The molecule has 0 bridgehead atoms. The van der Waals surface area contributed by atoms with Crippen molar-refractivity contribution in [1.29, 1.82) is 0 Å². The van der Waals surface area contributed by atoms with Crippen molar-refractivity contribution in [1.82, 2.24) is 4.98 Å². The molecule has 6 heteroatoms. The molecule has 1 heterocycles. The molecule has 0 saturated carbocycles. The molecule has 0 aliphatic heterocycles. The maximum atomic E-state index is 12.9. The summed E-state index contributed by atoms with van der Waals surface area (Å²) in [5.74, 6) is -0.200. The predicted octanol–water partition coefficient (Wildman–Crippen LogP) is 5.98. The van der Waals surface area contributed by atoms with Crippen LogP contribution in [-0.2, 0) is 17.8 Å². The average Bonchev–Trinajstić information content (AvgIpc) is 2.71. The highest BCUT2D eigenvalue weighted by Crippen LogP contribution is 2.21. The lowest BCUT2D eigenvalue weighted by molar-refractivity contribution is -0.115. The zero-order valence-electron chi connectivity index (χ0n) is 16.8. The number of halogens is 2. The van der Waals surface area contributed by atoms with Crippen LogP contribution in [0.3, 0.4) is 0 Å².